The summed E-state index contributed by atoms with van der Waals surface area (Å²) in [6.07, 6.45) is 0. The molecule has 7 heteroatoms. The van der Waals surface area contributed by atoms with Gasteiger partial charge in [0.2, 0.25) is 5.91 Å². The number of anilines is 2. The number of amides is 2. The smallest absolute Gasteiger partial charge is 0.282 e. The number of hydrogen-bond donors (Lipinski definition) is 2. The third-order valence-corrected chi connectivity index (χ3v) is 4.42. The molecule has 2 N–H and O–H groups in total. The van der Waals surface area contributed by atoms with Crippen LogP contribution in [-0.2, 0) is 16.1 Å². The van der Waals surface area contributed by atoms with Crippen LogP contribution >= 0.6 is 11.6 Å². The number of rotatable bonds is 4. The third-order valence-electron chi connectivity index (χ3n) is 4.06. The zero-order valence-corrected chi connectivity index (χ0v) is 14.4. The first-order valence-corrected chi connectivity index (χ1v) is 8.27. The Morgan fingerprint density at radius 3 is 2.80 bits per heavy atom. The summed E-state index contributed by atoms with van der Waals surface area (Å²) in [5, 5.41) is 3.09. The van der Waals surface area contributed by atoms with Gasteiger partial charge in [-0.3, -0.25) is 14.5 Å². The van der Waals surface area contributed by atoms with Crippen LogP contribution in [-0.4, -0.2) is 32.0 Å². The van der Waals surface area contributed by atoms with Gasteiger partial charge >= 0.3 is 0 Å². The molecule has 0 fully saturated rings. The molecule has 0 saturated carbocycles. The molecule has 1 heterocycles. The van der Waals surface area contributed by atoms with Crippen LogP contribution in [0.5, 0.6) is 0 Å². The van der Waals surface area contributed by atoms with Crippen molar-refractivity contribution in [2.75, 3.05) is 30.4 Å². The van der Waals surface area contributed by atoms with Crippen LogP contribution in [0.2, 0.25) is 5.02 Å². The van der Waals surface area contributed by atoms with E-state index in [1.807, 2.05) is 6.07 Å². The highest BCUT2D eigenvalue weighted by Crippen LogP contribution is 2.28. The van der Waals surface area contributed by atoms with Crippen molar-refractivity contribution in [2.24, 2.45) is 0 Å². The van der Waals surface area contributed by atoms with E-state index in [2.05, 4.69) is 5.32 Å². The van der Waals surface area contributed by atoms with E-state index < -0.39 is 0 Å². The van der Waals surface area contributed by atoms with Crippen molar-refractivity contribution < 1.29 is 18.9 Å². The van der Waals surface area contributed by atoms with Crippen molar-refractivity contribution in [3.8, 4) is 0 Å². The van der Waals surface area contributed by atoms with Crippen LogP contribution in [0.15, 0.2) is 42.5 Å². The number of halogens is 2. The number of hydrogen-bond acceptors (Lipinski definition) is 2. The molecule has 1 unspecified atom stereocenters. The maximum atomic E-state index is 13.9. The number of nitrogens with one attached hydrogen (secondary N) is 2. The lowest BCUT2D eigenvalue weighted by Gasteiger charge is -2.29. The summed E-state index contributed by atoms with van der Waals surface area (Å²) >= 11 is 6.04. The Kier molecular flexibility index (Phi) is 5.01. The van der Waals surface area contributed by atoms with Crippen molar-refractivity contribution in [1.82, 2.24) is 0 Å². The molecule has 2 aromatic carbocycles. The third kappa shape index (κ3) is 3.81. The Morgan fingerprint density at radius 1 is 1.28 bits per heavy atom. The van der Waals surface area contributed by atoms with Gasteiger partial charge in [0.15, 0.2) is 6.54 Å². The zero-order valence-electron chi connectivity index (χ0n) is 13.7. The molecule has 25 heavy (non-hydrogen) atoms. The van der Waals surface area contributed by atoms with E-state index >= 15 is 0 Å². The van der Waals surface area contributed by atoms with E-state index in [1.54, 1.807) is 37.4 Å². The van der Waals surface area contributed by atoms with Crippen LogP contribution in [0.4, 0.5) is 15.8 Å². The molecule has 0 aliphatic carbocycles. The van der Waals surface area contributed by atoms with Gasteiger partial charge in [0.1, 0.15) is 18.9 Å². The average Bonchev–Trinajstić information content (AvgIpc) is 2.57. The topological polar surface area (TPSA) is 53.9 Å². The Labute approximate surface area is 150 Å². The molecule has 1 aliphatic heterocycles. The molecular formula is C18H18ClFN3O2+. The zero-order chi connectivity index (χ0) is 18.0. The van der Waals surface area contributed by atoms with Crippen LogP contribution < -0.4 is 15.1 Å². The van der Waals surface area contributed by atoms with E-state index in [1.165, 1.54) is 11.0 Å². The normalized spacial score (nSPS) is 14.7. The highest BCUT2D eigenvalue weighted by atomic mass is 35.5. The maximum absolute atomic E-state index is 13.9. The number of para-hydroxylation sites is 2. The molecule has 0 saturated heterocycles. The van der Waals surface area contributed by atoms with Crippen LogP contribution in [0.3, 0.4) is 0 Å². The van der Waals surface area contributed by atoms with Gasteiger partial charge in [0.25, 0.3) is 5.91 Å². The van der Waals surface area contributed by atoms with Gasteiger partial charge in [-0.25, -0.2) is 4.39 Å². The van der Waals surface area contributed by atoms with Gasteiger partial charge in [-0.15, -0.1) is 0 Å². The minimum Gasteiger partial charge on any atom is -0.326 e. The average molecular weight is 363 g/mol. The SMILES string of the molecule is C[NH+](CC(=O)N1CC(=O)Nc2ccccc21)Cc1c(F)cccc1Cl. The standard InChI is InChI=1S/C18H17ClFN3O2/c1-22(9-12-13(19)5-4-6-14(12)20)11-18(25)23-10-17(24)21-15-7-2-3-8-16(15)23/h2-8H,9-11H2,1H3,(H,21,24)/p+1. The first-order valence-electron chi connectivity index (χ1n) is 7.89. The molecular weight excluding hydrogens is 345 g/mol. The highest BCUT2D eigenvalue weighted by Gasteiger charge is 2.28. The predicted molar refractivity (Wildman–Crippen MR) is 94.3 cm³/mol. The number of quaternary nitrogens is 1. The predicted octanol–water partition coefficient (Wildman–Crippen LogP) is 1.48. The number of benzene rings is 2. The van der Waals surface area contributed by atoms with Gasteiger partial charge in [0.05, 0.1) is 29.0 Å². The Bertz CT molecular complexity index is 807. The Balaban J connectivity index is 1.73. The van der Waals surface area contributed by atoms with Crippen molar-refractivity contribution in [2.45, 2.75) is 6.54 Å². The van der Waals surface area contributed by atoms with Gasteiger partial charge < -0.3 is 10.2 Å². The summed E-state index contributed by atoms with van der Waals surface area (Å²) in [5.41, 5.74) is 1.66. The van der Waals surface area contributed by atoms with Gasteiger partial charge in [-0.05, 0) is 24.3 Å². The molecule has 2 amide bonds. The second kappa shape index (κ2) is 7.21. The number of likely N-dealkylation sites (N-methyl/N-ethyl adjacent to an activating group) is 1. The van der Waals surface area contributed by atoms with E-state index in [9.17, 15) is 14.0 Å². The van der Waals surface area contributed by atoms with Gasteiger partial charge in [0, 0.05) is 0 Å². The Morgan fingerprint density at radius 2 is 2.04 bits per heavy atom. The molecule has 2 aromatic rings. The quantitative estimate of drug-likeness (QED) is 0.865. The second-order valence-corrected chi connectivity index (χ2v) is 6.46. The first-order chi connectivity index (χ1) is 12.0. The lowest BCUT2D eigenvalue weighted by Crippen LogP contribution is -3.09. The monoisotopic (exact) mass is 362 g/mol. The molecule has 3 rings (SSSR count). The van der Waals surface area contributed by atoms with E-state index in [4.69, 9.17) is 11.6 Å². The van der Waals surface area contributed by atoms with Crippen molar-refractivity contribution in [3.63, 3.8) is 0 Å². The number of nitrogens with zero attached hydrogens (tertiary/aromatic N) is 1. The summed E-state index contributed by atoms with van der Waals surface area (Å²) in [6, 6.07) is 11.7. The summed E-state index contributed by atoms with van der Waals surface area (Å²) in [4.78, 5) is 26.7. The van der Waals surface area contributed by atoms with E-state index in [0.29, 0.717) is 22.0 Å². The van der Waals surface area contributed by atoms with Crippen molar-refractivity contribution >= 4 is 34.8 Å². The maximum Gasteiger partial charge on any atom is 0.282 e. The molecule has 0 radical (unpaired) electrons. The summed E-state index contributed by atoms with van der Waals surface area (Å²) in [5.74, 6) is -0.823. The summed E-state index contributed by atoms with van der Waals surface area (Å²) in [7, 11) is 1.79. The minimum absolute atomic E-state index is 0.0242. The van der Waals surface area contributed by atoms with E-state index in [0.717, 1.165) is 4.90 Å². The lowest BCUT2D eigenvalue weighted by atomic mass is 10.1. The van der Waals surface area contributed by atoms with Crippen LogP contribution in [0.1, 0.15) is 5.56 Å². The van der Waals surface area contributed by atoms with E-state index in [-0.39, 0.29) is 37.3 Å². The van der Waals surface area contributed by atoms with Gasteiger partial charge in [-0.1, -0.05) is 29.8 Å². The summed E-state index contributed by atoms with van der Waals surface area (Å²) in [6.45, 7) is 0.370. The van der Waals surface area contributed by atoms with Crippen molar-refractivity contribution in [1.29, 1.82) is 0 Å². The van der Waals surface area contributed by atoms with Crippen molar-refractivity contribution in [3.05, 3.63) is 58.9 Å². The second-order valence-electron chi connectivity index (χ2n) is 6.06. The first kappa shape index (κ1) is 17.4. The molecule has 130 valence electrons. The number of carbonyl (C=O) groups excluding carboxylic acids is 2. The van der Waals surface area contributed by atoms with Gasteiger partial charge in [-0.2, -0.15) is 0 Å². The molecule has 0 aromatic heterocycles. The molecule has 1 atom stereocenters. The lowest BCUT2D eigenvalue weighted by molar-refractivity contribution is -0.885. The molecule has 0 bridgehead atoms. The summed E-state index contributed by atoms with van der Waals surface area (Å²) < 4.78 is 13.9. The van der Waals surface area contributed by atoms with Crippen LogP contribution in [0, 0.1) is 5.82 Å². The Hall–Kier alpha value is -2.44. The van der Waals surface area contributed by atoms with Crippen LogP contribution in [0.25, 0.3) is 0 Å². The fourth-order valence-electron chi connectivity index (χ4n) is 2.87. The largest absolute Gasteiger partial charge is 0.326 e. The number of carbonyl (C=O) groups is 2. The fourth-order valence-corrected chi connectivity index (χ4v) is 3.10. The molecule has 0 spiro atoms. The minimum atomic E-state index is -0.387. The molecule has 1 aliphatic rings. The number of fused-ring (bicyclic) bond motifs is 1. The molecule has 5 nitrogen and oxygen atoms in total. The highest BCUT2D eigenvalue weighted by molar-refractivity contribution is 6.31. The fraction of sp³-hybridized carbons (Fsp3) is 0.222.